The van der Waals surface area contributed by atoms with Crippen molar-refractivity contribution in [2.24, 2.45) is 0 Å². The summed E-state index contributed by atoms with van der Waals surface area (Å²) in [5.74, 6) is 0.0895. The van der Waals surface area contributed by atoms with Gasteiger partial charge in [0.1, 0.15) is 0 Å². The Morgan fingerprint density at radius 2 is 1.96 bits per heavy atom. The summed E-state index contributed by atoms with van der Waals surface area (Å²) < 4.78 is 23.3. The van der Waals surface area contributed by atoms with Crippen molar-refractivity contribution >= 4 is 33.0 Å². The SMILES string of the molecule is Cc1ccc(Cl)cc1N1CCN(CC(=O)N[C@@]2(C)CCS(=O)(=O)C2)CC1. The molecule has 0 saturated carbocycles. The van der Waals surface area contributed by atoms with Gasteiger partial charge in [0.2, 0.25) is 5.91 Å². The second-order valence-corrected chi connectivity index (χ2v) is 10.3. The van der Waals surface area contributed by atoms with E-state index in [1.807, 2.05) is 25.1 Å². The maximum Gasteiger partial charge on any atom is 0.234 e. The zero-order valence-corrected chi connectivity index (χ0v) is 16.9. The third-order valence-electron chi connectivity index (χ3n) is 5.20. The Morgan fingerprint density at radius 1 is 1.27 bits per heavy atom. The van der Waals surface area contributed by atoms with Crippen LogP contribution in [0.4, 0.5) is 5.69 Å². The first-order valence-corrected chi connectivity index (χ1v) is 11.1. The van der Waals surface area contributed by atoms with Crippen LogP contribution in [0.2, 0.25) is 5.02 Å². The highest BCUT2D eigenvalue weighted by molar-refractivity contribution is 7.91. The normalized spacial score (nSPS) is 26.0. The number of hydrogen-bond acceptors (Lipinski definition) is 5. The Morgan fingerprint density at radius 3 is 2.58 bits per heavy atom. The molecule has 2 aliphatic heterocycles. The molecule has 1 aromatic rings. The zero-order chi connectivity index (χ0) is 18.9. The number of anilines is 1. The van der Waals surface area contributed by atoms with Gasteiger partial charge in [0.05, 0.1) is 23.6 Å². The first-order chi connectivity index (χ1) is 12.2. The van der Waals surface area contributed by atoms with Crippen LogP contribution in [0, 0.1) is 6.92 Å². The molecule has 1 amide bonds. The lowest BCUT2D eigenvalue weighted by Crippen LogP contribution is -2.53. The first-order valence-electron chi connectivity index (χ1n) is 8.91. The van der Waals surface area contributed by atoms with Crippen LogP contribution in [0.15, 0.2) is 18.2 Å². The predicted molar refractivity (Wildman–Crippen MR) is 105 cm³/mol. The van der Waals surface area contributed by atoms with Gasteiger partial charge in [-0.25, -0.2) is 8.42 Å². The number of rotatable bonds is 4. The Hall–Kier alpha value is -1.31. The lowest BCUT2D eigenvalue weighted by atomic mass is 10.0. The average Bonchev–Trinajstić information content (AvgIpc) is 2.83. The van der Waals surface area contributed by atoms with Crippen LogP contribution in [-0.4, -0.2) is 69.0 Å². The highest BCUT2D eigenvalue weighted by Gasteiger charge is 2.39. The molecule has 0 aromatic heterocycles. The molecule has 1 N–H and O–H groups in total. The summed E-state index contributed by atoms with van der Waals surface area (Å²) in [6.45, 7) is 7.43. The molecule has 26 heavy (non-hydrogen) atoms. The zero-order valence-electron chi connectivity index (χ0n) is 15.3. The molecule has 0 bridgehead atoms. The summed E-state index contributed by atoms with van der Waals surface area (Å²) in [6, 6.07) is 5.90. The van der Waals surface area contributed by atoms with Crippen molar-refractivity contribution in [3.05, 3.63) is 28.8 Å². The average molecular weight is 400 g/mol. The largest absolute Gasteiger partial charge is 0.369 e. The number of aryl methyl sites for hydroxylation is 1. The molecule has 2 fully saturated rings. The fourth-order valence-electron chi connectivity index (χ4n) is 3.76. The van der Waals surface area contributed by atoms with Crippen molar-refractivity contribution in [3.63, 3.8) is 0 Å². The fraction of sp³-hybridized carbons (Fsp3) is 0.611. The molecule has 8 heteroatoms. The van der Waals surface area contributed by atoms with Crippen LogP contribution in [0.25, 0.3) is 0 Å². The molecule has 2 aliphatic rings. The number of amides is 1. The van der Waals surface area contributed by atoms with Gasteiger partial charge in [-0.2, -0.15) is 0 Å². The minimum absolute atomic E-state index is 0.0353. The molecule has 0 radical (unpaired) electrons. The molecule has 2 saturated heterocycles. The van der Waals surface area contributed by atoms with Crippen LogP contribution >= 0.6 is 11.6 Å². The minimum Gasteiger partial charge on any atom is -0.369 e. The van der Waals surface area contributed by atoms with Crippen LogP contribution in [-0.2, 0) is 14.6 Å². The van der Waals surface area contributed by atoms with Gasteiger partial charge in [-0.1, -0.05) is 17.7 Å². The number of halogens is 1. The number of carbonyl (C=O) groups excluding carboxylic acids is 1. The van der Waals surface area contributed by atoms with Gasteiger partial charge in [-0.3, -0.25) is 9.69 Å². The van der Waals surface area contributed by atoms with E-state index in [2.05, 4.69) is 22.0 Å². The van der Waals surface area contributed by atoms with Gasteiger partial charge in [0.15, 0.2) is 9.84 Å². The van der Waals surface area contributed by atoms with Gasteiger partial charge < -0.3 is 10.2 Å². The molecule has 0 spiro atoms. The van der Waals surface area contributed by atoms with Crippen molar-refractivity contribution in [1.29, 1.82) is 0 Å². The molecule has 0 aliphatic carbocycles. The molecule has 0 unspecified atom stereocenters. The third-order valence-corrected chi connectivity index (χ3v) is 7.33. The van der Waals surface area contributed by atoms with Crippen LogP contribution < -0.4 is 10.2 Å². The fourth-order valence-corrected chi connectivity index (χ4v) is 6.02. The quantitative estimate of drug-likeness (QED) is 0.830. The van der Waals surface area contributed by atoms with Crippen molar-refractivity contribution in [1.82, 2.24) is 10.2 Å². The standard InChI is InChI=1S/C18H26ClN3O3S/c1-14-3-4-15(19)11-16(14)22-8-6-21(7-9-22)12-17(23)20-18(2)5-10-26(24,25)13-18/h3-4,11H,5-10,12-13H2,1-2H3,(H,20,23)/t18-/m0/s1. The van der Waals surface area contributed by atoms with Crippen molar-refractivity contribution in [3.8, 4) is 0 Å². The van der Waals surface area contributed by atoms with Crippen LogP contribution in [0.3, 0.4) is 0 Å². The van der Waals surface area contributed by atoms with E-state index in [1.165, 1.54) is 5.56 Å². The lowest BCUT2D eigenvalue weighted by molar-refractivity contribution is -0.123. The molecule has 144 valence electrons. The second-order valence-electron chi connectivity index (χ2n) is 7.64. The summed E-state index contributed by atoms with van der Waals surface area (Å²) in [7, 11) is -3.02. The summed E-state index contributed by atoms with van der Waals surface area (Å²) >= 11 is 6.11. The highest BCUT2D eigenvalue weighted by atomic mass is 35.5. The summed E-state index contributed by atoms with van der Waals surface area (Å²) in [5.41, 5.74) is 1.71. The number of benzene rings is 1. The molecular formula is C18H26ClN3O3S. The number of nitrogens with one attached hydrogen (secondary N) is 1. The van der Waals surface area contributed by atoms with Crippen molar-refractivity contribution in [2.45, 2.75) is 25.8 Å². The highest BCUT2D eigenvalue weighted by Crippen LogP contribution is 2.25. The topological polar surface area (TPSA) is 69.7 Å². The maximum atomic E-state index is 12.4. The van der Waals surface area contributed by atoms with Crippen molar-refractivity contribution in [2.75, 3.05) is 49.1 Å². The summed E-state index contributed by atoms with van der Waals surface area (Å²) in [5, 5.41) is 3.66. The van der Waals surface area contributed by atoms with Gasteiger partial charge in [-0.05, 0) is 38.0 Å². The van der Waals surface area contributed by atoms with Gasteiger partial charge in [0, 0.05) is 36.9 Å². The molecule has 1 atom stereocenters. The van der Waals surface area contributed by atoms with Crippen LogP contribution in [0.5, 0.6) is 0 Å². The van der Waals surface area contributed by atoms with E-state index < -0.39 is 15.4 Å². The summed E-state index contributed by atoms with van der Waals surface area (Å²) in [6.07, 6.45) is 0.489. The lowest BCUT2D eigenvalue weighted by Gasteiger charge is -2.37. The minimum atomic E-state index is -3.02. The van der Waals surface area contributed by atoms with E-state index in [4.69, 9.17) is 11.6 Å². The number of carbonyl (C=O) groups is 1. The molecular weight excluding hydrogens is 374 g/mol. The summed E-state index contributed by atoms with van der Waals surface area (Å²) in [4.78, 5) is 16.8. The van der Waals surface area contributed by atoms with E-state index in [1.54, 1.807) is 0 Å². The van der Waals surface area contributed by atoms with E-state index in [0.717, 1.165) is 36.9 Å². The smallest absolute Gasteiger partial charge is 0.234 e. The van der Waals surface area contributed by atoms with E-state index >= 15 is 0 Å². The second kappa shape index (κ2) is 7.37. The third kappa shape index (κ3) is 4.69. The van der Waals surface area contributed by atoms with E-state index in [9.17, 15) is 13.2 Å². The Bertz CT molecular complexity index is 791. The van der Waals surface area contributed by atoms with E-state index in [0.29, 0.717) is 13.0 Å². The molecule has 1 aromatic carbocycles. The predicted octanol–water partition coefficient (Wildman–Crippen LogP) is 1.46. The van der Waals surface area contributed by atoms with Gasteiger partial charge in [0.25, 0.3) is 0 Å². The van der Waals surface area contributed by atoms with Crippen molar-refractivity contribution < 1.29 is 13.2 Å². The Kier molecular flexibility index (Phi) is 5.51. The number of nitrogens with zero attached hydrogens (tertiary/aromatic N) is 2. The molecule has 6 nitrogen and oxygen atoms in total. The molecule has 2 heterocycles. The number of hydrogen-bond donors (Lipinski definition) is 1. The Labute approximate surface area is 160 Å². The maximum absolute atomic E-state index is 12.4. The van der Waals surface area contributed by atoms with Gasteiger partial charge in [-0.15, -0.1) is 0 Å². The number of sulfone groups is 1. The number of piperazine rings is 1. The van der Waals surface area contributed by atoms with Crippen LogP contribution in [0.1, 0.15) is 18.9 Å². The molecule has 3 rings (SSSR count). The Balaban J connectivity index is 1.51. The first kappa shape index (κ1) is 19.5. The van der Waals surface area contributed by atoms with E-state index in [-0.39, 0.29) is 17.4 Å². The van der Waals surface area contributed by atoms with Gasteiger partial charge >= 0.3 is 0 Å². The monoisotopic (exact) mass is 399 g/mol.